The SMILES string of the molecule is NCC(OCC(F)(F)C(F)(F)F)c1ccccc1. The Bertz CT molecular complexity index is 365. The summed E-state index contributed by atoms with van der Waals surface area (Å²) in [6.45, 7) is -1.93. The van der Waals surface area contributed by atoms with E-state index in [0.29, 0.717) is 5.56 Å². The van der Waals surface area contributed by atoms with Gasteiger partial charge in [-0.1, -0.05) is 30.3 Å². The number of hydrogen-bond donors (Lipinski definition) is 1. The molecule has 0 aliphatic carbocycles. The van der Waals surface area contributed by atoms with Gasteiger partial charge in [0.05, 0.1) is 6.10 Å². The van der Waals surface area contributed by atoms with Gasteiger partial charge in [-0.2, -0.15) is 22.0 Å². The predicted molar refractivity (Wildman–Crippen MR) is 55.2 cm³/mol. The monoisotopic (exact) mass is 269 g/mol. The van der Waals surface area contributed by atoms with Crippen molar-refractivity contribution in [2.24, 2.45) is 5.73 Å². The molecule has 2 N–H and O–H groups in total. The lowest BCUT2D eigenvalue weighted by Gasteiger charge is -2.23. The van der Waals surface area contributed by atoms with Crippen molar-refractivity contribution in [1.29, 1.82) is 0 Å². The first-order valence-electron chi connectivity index (χ1n) is 5.09. The summed E-state index contributed by atoms with van der Waals surface area (Å²) in [4.78, 5) is 0. The topological polar surface area (TPSA) is 35.2 Å². The summed E-state index contributed by atoms with van der Waals surface area (Å²) in [7, 11) is 0. The molecule has 2 nitrogen and oxygen atoms in total. The highest BCUT2D eigenvalue weighted by molar-refractivity contribution is 5.17. The molecule has 0 spiro atoms. The third kappa shape index (κ3) is 3.64. The average molecular weight is 269 g/mol. The lowest BCUT2D eigenvalue weighted by molar-refractivity contribution is -0.300. The molecule has 7 heteroatoms. The van der Waals surface area contributed by atoms with Crippen LogP contribution in [-0.4, -0.2) is 25.3 Å². The number of alkyl halides is 5. The second kappa shape index (κ2) is 5.62. The van der Waals surface area contributed by atoms with Gasteiger partial charge < -0.3 is 10.5 Å². The minimum atomic E-state index is -5.62. The molecule has 0 saturated heterocycles. The standard InChI is InChI=1S/C11H12F5NO/c12-10(13,11(14,15)16)7-18-9(6-17)8-4-2-1-3-5-8/h1-5,9H,6-7,17H2. The maximum absolute atomic E-state index is 12.7. The summed E-state index contributed by atoms with van der Waals surface area (Å²) in [5.74, 6) is -4.88. The van der Waals surface area contributed by atoms with Crippen molar-refractivity contribution in [3.05, 3.63) is 35.9 Å². The maximum atomic E-state index is 12.7. The molecule has 0 aliphatic heterocycles. The van der Waals surface area contributed by atoms with Gasteiger partial charge in [-0.25, -0.2) is 0 Å². The average Bonchev–Trinajstić information content (AvgIpc) is 2.29. The molecule has 0 radical (unpaired) electrons. The summed E-state index contributed by atoms with van der Waals surface area (Å²) >= 11 is 0. The number of hydrogen-bond acceptors (Lipinski definition) is 2. The summed E-state index contributed by atoms with van der Waals surface area (Å²) in [6, 6.07) is 8.00. The van der Waals surface area contributed by atoms with Crippen LogP contribution in [0.2, 0.25) is 0 Å². The van der Waals surface area contributed by atoms with Crippen molar-refractivity contribution in [3.63, 3.8) is 0 Å². The summed E-state index contributed by atoms with van der Waals surface area (Å²) in [5.41, 5.74) is 5.75. The van der Waals surface area contributed by atoms with E-state index < -0.39 is 24.8 Å². The Morgan fingerprint density at radius 1 is 1.06 bits per heavy atom. The van der Waals surface area contributed by atoms with Gasteiger partial charge >= 0.3 is 12.1 Å². The molecule has 1 unspecified atom stereocenters. The Kier molecular flexibility index (Phi) is 4.64. The van der Waals surface area contributed by atoms with Crippen LogP contribution in [-0.2, 0) is 4.74 Å². The van der Waals surface area contributed by atoms with E-state index in [9.17, 15) is 22.0 Å². The van der Waals surface area contributed by atoms with Crippen LogP contribution in [0.5, 0.6) is 0 Å². The second-order valence-electron chi connectivity index (χ2n) is 3.65. The van der Waals surface area contributed by atoms with E-state index in [4.69, 9.17) is 5.73 Å². The Hall–Kier alpha value is -1.21. The van der Waals surface area contributed by atoms with Crippen LogP contribution in [0.25, 0.3) is 0 Å². The number of benzene rings is 1. The van der Waals surface area contributed by atoms with E-state index in [1.165, 1.54) is 0 Å². The molecule has 0 aromatic heterocycles. The van der Waals surface area contributed by atoms with E-state index in [-0.39, 0.29) is 6.54 Å². The molecule has 0 bridgehead atoms. The Labute approximate surface area is 101 Å². The van der Waals surface area contributed by atoms with Crippen molar-refractivity contribution < 1.29 is 26.7 Å². The van der Waals surface area contributed by atoms with Crippen LogP contribution in [0.4, 0.5) is 22.0 Å². The van der Waals surface area contributed by atoms with Crippen molar-refractivity contribution in [2.45, 2.75) is 18.2 Å². The minimum absolute atomic E-state index is 0.183. The molecule has 1 rings (SSSR count). The maximum Gasteiger partial charge on any atom is 0.455 e. The fraction of sp³-hybridized carbons (Fsp3) is 0.455. The van der Waals surface area contributed by atoms with E-state index in [1.807, 2.05) is 0 Å². The van der Waals surface area contributed by atoms with Crippen molar-refractivity contribution in [1.82, 2.24) is 0 Å². The zero-order chi connectivity index (χ0) is 13.8. The first-order valence-corrected chi connectivity index (χ1v) is 5.09. The van der Waals surface area contributed by atoms with Crippen LogP contribution in [0.1, 0.15) is 11.7 Å². The largest absolute Gasteiger partial charge is 0.455 e. The molecule has 18 heavy (non-hydrogen) atoms. The molecule has 0 heterocycles. The fourth-order valence-electron chi connectivity index (χ4n) is 1.26. The highest BCUT2D eigenvalue weighted by Gasteiger charge is 2.57. The number of ether oxygens (including phenoxy) is 1. The minimum Gasteiger partial charge on any atom is -0.366 e. The molecular formula is C11H12F5NO. The van der Waals surface area contributed by atoms with Crippen molar-refractivity contribution in [3.8, 4) is 0 Å². The summed E-state index contributed by atoms with van der Waals surface area (Å²) in [5, 5.41) is 0. The number of nitrogens with two attached hydrogens (primary N) is 1. The van der Waals surface area contributed by atoms with Gasteiger partial charge in [-0.05, 0) is 5.56 Å². The molecule has 1 aromatic rings. The normalized spacial score (nSPS) is 14.6. The van der Waals surface area contributed by atoms with Gasteiger partial charge in [-0.3, -0.25) is 0 Å². The Morgan fingerprint density at radius 3 is 2.06 bits per heavy atom. The van der Waals surface area contributed by atoms with Crippen LogP contribution in [0.15, 0.2) is 30.3 Å². The highest BCUT2D eigenvalue weighted by atomic mass is 19.4. The molecule has 1 aromatic carbocycles. The zero-order valence-electron chi connectivity index (χ0n) is 9.25. The fourth-order valence-corrected chi connectivity index (χ4v) is 1.26. The molecule has 0 amide bonds. The smallest absolute Gasteiger partial charge is 0.366 e. The van der Waals surface area contributed by atoms with E-state index in [1.54, 1.807) is 30.3 Å². The predicted octanol–water partition coefficient (Wildman–Crippen LogP) is 2.90. The first-order chi connectivity index (χ1) is 8.28. The van der Waals surface area contributed by atoms with E-state index in [0.717, 1.165) is 0 Å². The van der Waals surface area contributed by atoms with Gasteiger partial charge in [0.15, 0.2) is 0 Å². The molecular weight excluding hydrogens is 257 g/mol. The number of rotatable bonds is 5. The van der Waals surface area contributed by atoms with Crippen LogP contribution >= 0.6 is 0 Å². The van der Waals surface area contributed by atoms with Gasteiger partial charge in [0.2, 0.25) is 0 Å². The lowest BCUT2D eigenvalue weighted by Crippen LogP contribution is -2.41. The summed E-state index contributed by atoms with van der Waals surface area (Å²) < 4.78 is 65.7. The van der Waals surface area contributed by atoms with Crippen molar-refractivity contribution >= 4 is 0 Å². The Balaban J connectivity index is 2.67. The van der Waals surface area contributed by atoms with Gasteiger partial charge in [-0.15, -0.1) is 0 Å². The third-order valence-electron chi connectivity index (χ3n) is 2.27. The molecule has 1 atom stereocenters. The molecule has 0 saturated carbocycles. The van der Waals surface area contributed by atoms with Gasteiger partial charge in [0.25, 0.3) is 0 Å². The molecule has 0 fully saturated rings. The van der Waals surface area contributed by atoms with E-state index in [2.05, 4.69) is 4.74 Å². The Morgan fingerprint density at radius 2 is 1.61 bits per heavy atom. The van der Waals surface area contributed by atoms with E-state index >= 15 is 0 Å². The second-order valence-corrected chi connectivity index (χ2v) is 3.65. The highest BCUT2D eigenvalue weighted by Crippen LogP contribution is 2.36. The quantitative estimate of drug-likeness (QED) is 0.834. The third-order valence-corrected chi connectivity index (χ3v) is 2.27. The van der Waals surface area contributed by atoms with Crippen LogP contribution in [0.3, 0.4) is 0 Å². The van der Waals surface area contributed by atoms with Gasteiger partial charge in [0, 0.05) is 6.54 Å². The molecule has 102 valence electrons. The zero-order valence-corrected chi connectivity index (χ0v) is 9.25. The van der Waals surface area contributed by atoms with Crippen molar-refractivity contribution in [2.75, 3.05) is 13.2 Å². The molecule has 0 aliphatic rings. The number of halogens is 5. The lowest BCUT2D eigenvalue weighted by atomic mass is 10.1. The summed E-state index contributed by atoms with van der Waals surface area (Å²) in [6.07, 6.45) is -6.61. The first kappa shape index (κ1) is 14.8. The van der Waals surface area contributed by atoms with Gasteiger partial charge in [0.1, 0.15) is 6.61 Å². The van der Waals surface area contributed by atoms with Crippen LogP contribution < -0.4 is 5.73 Å². The van der Waals surface area contributed by atoms with Crippen LogP contribution in [0, 0.1) is 0 Å².